The van der Waals surface area contributed by atoms with Crippen LogP contribution in [0.3, 0.4) is 0 Å². The largest absolute Gasteiger partial charge is 0.206 e. The third-order valence-corrected chi connectivity index (χ3v) is 3.59. The molecule has 0 spiro atoms. The van der Waals surface area contributed by atoms with Crippen molar-refractivity contribution in [2.24, 2.45) is 5.41 Å². The fraction of sp³-hybridized carbons (Fsp3) is 0.375. The quantitative estimate of drug-likeness (QED) is 0.699. The summed E-state index contributed by atoms with van der Waals surface area (Å²) in [5.74, 6) is -0.126. The third kappa shape index (κ3) is 2.49. The van der Waals surface area contributed by atoms with Crippen LogP contribution in [0.5, 0.6) is 0 Å². The van der Waals surface area contributed by atoms with Crippen molar-refractivity contribution in [3.63, 3.8) is 0 Å². The molecular weight excluding hydrogens is 211 g/mol. The lowest BCUT2D eigenvalue weighted by molar-refractivity contribution is 0.350. The van der Waals surface area contributed by atoms with Gasteiger partial charge in [0.2, 0.25) is 0 Å². The van der Waals surface area contributed by atoms with E-state index in [-0.39, 0.29) is 11.2 Å². The van der Waals surface area contributed by atoms with Crippen LogP contribution in [0.25, 0.3) is 10.8 Å². The van der Waals surface area contributed by atoms with Crippen molar-refractivity contribution in [3.05, 3.63) is 47.8 Å². The summed E-state index contributed by atoms with van der Waals surface area (Å²) in [6, 6.07) is 11.2. The van der Waals surface area contributed by atoms with Crippen molar-refractivity contribution in [1.82, 2.24) is 0 Å². The van der Waals surface area contributed by atoms with E-state index in [1.165, 1.54) is 5.56 Å². The molecule has 0 N–H and O–H groups in total. The second kappa shape index (κ2) is 4.48. The number of benzene rings is 2. The van der Waals surface area contributed by atoms with E-state index in [1.54, 1.807) is 6.07 Å². The standard InChI is InChI=1S/C16H19F/c1-4-16(2,3)11-12-9-10-15(17)14-8-6-5-7-13(12)14/h5-10H,4,11H2,1-3H3. The molecule has 0 radical (unpaired) electrons. The van der Waals surface area contributed by atoms with Crippen molar-refractivity contribution in [2.75, 3.05) is 0 Å². The molecule has 90 valence electrons. The van der Waals surface area contributed by atoms with Gasteiger partial charge in [-0.1, -0.05) is 57.5 Å². The monoisotopic (exact) mass is 230 g/mol. The van der Waals surface area contributed by atoms with E-state index in [2.05, 4.69) is 20.8 Å². The maximum Gasteiger partial charge on any atom is 0.131 e. The Balaban J connectivity index is 2.52. The first-order valence-electron chi connectivity index (χ1n) is 6.19. The maximum absolute atomic E-state index is 13.7. The van der Waals surface area contributed by atoms with E-state index >= 15 is 0 Å². The van der Waals surface area contributed by atoms with Crippen LogP contribution in [0.4, 0.5) is 4.39 Å². The summed E-state index contributed by atoms with van der Waals surface area (Å²) in [6.45, 7) is 6.71. The smallest absolute Gasteiger partial charge is 0.131 e. The van der Waals surface area contributed by atoms with E-state index in [9.17, 15) is 4.39 Å². The highest BCUT2D eigenvalue weighted by atomic mass is 19.1. The fourth-order valence-corrected chi connectivity index (χ4v) is 2.12. The minimum atomic E-state index is -0.126. The molecule has 0 bridgehead atoms. The van der Waals surface area contributed by atoms with E-state index in [4.69, 9.17) is 0 Å². The second-order valence-electron chi connectivity index (χ2n) is 5.45. The Morgan fingerprint density at radius 1 is 1.00 bits per heavy atom. The van der Waals surface area contributed by atoms with Gasteiger partial charge in [-0.25, -0.2) is 4.39 Å². The second-order valence-corrected chi connectivity index (χ2v) is 5.45. The molecule has 0 amide bonds. The van der Waals surface area contributed by atoms with E-state index in [0.29, 0.717) is 0 Å². The highest BCUT2D eigenvalue weighted by molar-refractivity contribution is 5.86. The molecule has 0 aliphatic rings. The predicted molar refractivity (Wildman–Crippen MR) is 71.7 cm³/mol. The normalized spacial score (nSPS) is 12.0. The van der Waals surface area contributed by atoms with Crippen LogP contribution in [-0.4, -0.2) is 0 Å². The lowest BCUT2D eigenvalue weighted by atomic mass is 9.82. The summed E-state index contributed by atoms with van der Waals surface area (Å²) in [5, 5.41) is 1.78. The molecule has 0 nitrogen and oxygen atoms in total. The highest BCUT2D eigenvalue weighted by Crippen LogP contribution is 2.30. The molecule has 0 saturated carbocycles. The molecule has 2 aromatic rings. The summed E-state index contributed by atoms with van der Waals surface area (Å²) in [6.07, 6.45) is 2.11. The van der Waals surface area contributed by atoms with Crippen molar-refractivity contribution in [2.45, 2.75) is 33.6 Å². The van der Waals surface area contributed by atoms with Crippen molar-refractivity contribution >= 4 is 10.8 Å². The third-order valence-electron chi connectivity index (χ3n) is 3.59. The van der Waals surface area contributed by atoms with E-state index < -0.39 is 0 Å². The highest BCUT2D eigenvalue weighted by Gasteiger charge is 2.17. The van der Waals surface area contributed by atoms with Gasteiger partial charge in [0.15, 0.2) is 0 Å². The molecule has 2 aromatic carbocycles. The number of halogens is 1. The summed E-state index contributed by atoms with van der Waals surface area (Å²) in [5.41, 5.74) is 1.51. The molecule has 0 aliphatic heterocycles. The summed E-state index contributed by atoms with van der Waals surface area (Å²) >= 11 is 0. The molecule has 0 atom stereocenters. The SMILES string of the molecule is CCC(C)(C)Cc1ccc(F)c2ccccc12. The lowest BCUT2D eigenvalue weighted by Crippen LogP contribution is -2.13. The molecule has 0 aliphatic carbocycles. The lowest BCUT2D eigenvalue weighted by Gasteiger charge is -2.23. The van der Waals surface area contributed by atoms with Crippen LogP contribution in [0.2, 0.25) is 0 Å². The molecule has 0 fully saturated rings. The van der Waals surface area contributed by atoms with Gasteiger partial charge in [-0.15, -0.1) is 0 Å². The van der Waals surface area contributed by atoms with Crippen LogP contribution >= 0.6 is 0 Å². The van der Waals surface area contributed by atoms with Gasteiger partial charge in [0.05, 0.1) is 0 Å². The average molecular weight is 230 g/mol. The number of hydrogen-bond donors (Lipinski definition) is 0. The summed E-state index contributed by atoms with van der Waals surface area (Å²) < 4.78 is 13.7. The first kappa shape index (κ1) is 12.1. The van der Waals surface area contributed by atoms with Gasteiger partial charge in [0.25, 0.3) is 0 Å². The molecule has 0 unspecified atom stereocenters. The molecule has 0 saturated heterocycles. The minimum absolute atomic E-state index is 0.126. The van der Waals surface area contributed by atoms with Crippen LogP contribution < -0.4 is 0 Å². The van der Waals surface area contributed by atoms with Gasteiger partial charge in [-0.05, 0) is 28.9 Å². The molecular formula is C16H19F. The minimum Gasteiger partial charge on any atom is -0.206 e. The van der Waals surface area contributed by atoms with Crippen LogP contribution in [0, 0.1) is 11.2 Å². The molecule has 0 heterocycles. The van der Waals surface area contributed by atoms with E-state index in [1.807, 2.05) is 30.3 Å². The topological polar surface area (TPSA) is 0 Å². The van der Waals surface area contributed by atoms with Gasteiger partial charge in [-0.2, -0.15) is 0 Å². The molecule has 0 aromatic heterocycles. The zero-order chi connectivity index (χ0) is 12.5. The van der Waals surface area contributed by atoms with Gasteiger partial charge in [0.1, 0.15) is 5.82 Å². The van der Waals surface area contributed by atoms with Gasteiger partial charge in [0, 0.05) is 5.39 Å². The van der Waals surface area contributed by atoms with Gasteiger partial charge in [-0.3, -0.25) is 0 Å². The molecule has 2 rings (SSSR count). The first-order valence-corrected chi connectivity index (χ1v) is 6.19. The van der Waals surface area contributed by atoms with Crippen molar-refractivity contribution in [3.8, 4) is 0 Å². The first-order chi connectivity index (χ1) is 8.03. The van der Waals surface area contributed by atoms with E-state index in [0.717, 1.165) is 23.6 Å². The Labute approximate surface area is 102 Å². The van der Waals surface area contributed by atoms with Crippen molar-refractivity contribution < 1.29 is 4.39 Å². The number of rotatable bonds is 3. The fourth-order valence-electron chi connectivity index (χ4n) is 2.12. The Hall–Kier alpha value is -1.37. The van der Waals surface area contributed by atoms with Crippen LogP contribution in [0.1, 0.15) is 32.8 Å². The van der Waals surface area contributed by atoms with Crippen molar-refractivity contribution in [1.29, 1.82) is 0 Å². The zero-order valence-electron chi connectivity index (χ0n) is 10.8. The Bertz CT molecular complexity index is 526. The van der Waals surface area contributed by atoms with Crippen LogP contribution in [0.15, 0.2) is 36.4 Å². The Morgan fingerprint density at radius 2 is 1.65 bits per heavy atom. The number of hydrogen-bond acceptors (Lipinski definition) is 0. The predicted octanol–water partition coefficient (Wildman–Crippen LogP) is 4.96. The summed E-state index contributed by atoms with van der Waals surface area (Å²) in [7, 11) is 0. The summed E-state index contributed by atoms with van der Waals surface area (Å²) in [4.78, 5) is 0. The number of fused-ring (bicyclic) bond motifs is 1. The van der Waals surface area contributed by atoms with Crippen LogP contribution in [-0.2, 0) is 6.42 Å². The Morgan fingerprint density at radius 3 is 2.29 bits per heavy atom. The Kier molecular flexibility index (Phi) is 3.19. The maximum atomic E-state index is 13.7. The molecule has 1 heteroatoms. The average Bonchev–Trinajstić information content (AvgIpc) is 2.33. The molecule has 17 heavy (non-hydrogen) atoms. The van der Waals surface area contributed by atoms with Gasteiger partial charge >= 0.3 is 0 Å². The zero-order valence-corrected chi connectivity index (χ0v) is 10.8. The van der Waals surface area contributed by atoms with Gasteiger partial charge < -0.3 is 0 Å².